The topological polar surface area (TPSA) is 422 Å². The molecule has 0 fully saturated rings. The predicted molar refractivity (Wildman–Crippen MR) is 297 cm³/mol. The molecule has 4 rings (SSSR count). The number of carboxylic acids is 1. The average Bonchev–Trinajstić information content (AvgIpc) is 4.11. The number of fused-ring (bicyclic) bond motifs is 1. The first-order valence-electron chi connectivity index (χ1n) is 26.8. The monoisotopic (exact) mass is 1110 g/mol. The highest BCUT2D eigenvalue weighted by atomic mass is 16.4. The lowest BCUT2D eigenvalue weighted by Crippen LogP contribution is -2.60. The molecule has 17 N–H and O–H groups in total. The summed E-state index contributed by atoms with van der Waals surface area (Å²) in [6.45, 7) is 3.55. The molecular formula is C54H77N15O11. The molecule has 0 aliphatic carbocycles. The molecule has 0 saturated carbocycles. The van der Waals surface area contributed by atoms with Gasteiger partial charge in [-0.25, -0.2) is 9.78 Å². The Morgan fingerprint density at radius 3 is 1.86 bits per heavy atom. The normalized spacial score (nSPS) is 13.6. The summed E-state index contributed by atoms with van der Waals surface area (Å²) in [5, 5.41) is 31.7. The third kappa shape index (κ3) is 22.4. The number of aldehydes is 1. The van der Waals surface area contributed by atoms with Crippen molar-refractivity contribution in [3.63, 3.8) is 0 Å². The van der Waals surface area contributed by atoms with Crippen molar-refractivity contribution in [1.82, 2.24) is 57.5 Å². The van der Waals surface area contributed by atoms with Gasteiger partial charge < -0.3 is 79.6 Å². The maximum atomic E-state index is 14.7. The molecule has 434 valence electrons. The number of aliphatic carboxylic acids is 1. The Bertz CT molecular complexity index is 2700. The molecule has 26 nitrogen and oxygen atoms in total. The van der Waals surface area contributed by atoms with E-state index in [1.165, 1.54) is 19.4 Å². The maximum Gasteiger partial charge on any atom is 0.326 e. The van der Waals surface area contributed by atoms with Gasteiger partial charge in [0.2, 0.25) is 47.3 Å². The van der Waals surface area contributed by atoms with E-state index in [0.717, 1.165) is 10.9 Å². The molecule has 4 aromatic rings. The SMILES string of the molecule is CCCC[C@H](NC(C)=O)C(=O)N[C@@H](CC=O)C(=O)N[C@@H](Cc1cnc[nH]1)C(=O)N[C@H](Cc1ccccc1)C(=O)N[C@@H](CCCN=C(N)N)C(=O)N[C@@H](Cc1c[nH]c2ccccc12)C(=O)NCCCC(=O)N[C@@H](CCCCN)C(=O)O. The largest absolute Gasteiger partial charge is 0.480 e. The molecule has 0 aliphatic rings. The summed E-state index contributed by atoms with van der Waals surface area (Å²) in [5.41, 5.74) is 19.1. The van der Waals surface area contributed by atoms with E-state index in [0.29, 0.717) is 55.3 Å². The lowest BCUT2D eigenvalue weighted by molar-refractivity contribution is -0.142. The zero-order chi connectivity index (χ0) is 58.4. The average molecular weight is 1110 g/mol. The number of para-hydroxylation sites is 1. The fourth-order valence-electron chi connectivity index (χ4n) is 8.60. The second kappa shape index (κ2) is 34.3. The molecule has 8 amide bonds. The van der Waals surface area contributed by atoms with E-state index in [1.807, 2.05) is 31.2 Å². The highest BCUT2D eigenvalue weighted by Gasteiger charge is 2.34. The van der Waals surface area contributed by atoms with Crippen LogP contribution in [0.2, 0.25) is 0 Å². The number of amides is 8. The summed E-state index contributed by atoms with van der Waals surface area (Å²) in [6, 6.07) is 6.91. The van der Waals surface area contributed by atoms with E-state index in [4.69, 9.17) is 17.2 Å². The molecule has 2 aromatic carbocycles. The smallest absolute Gasteiger partial charge is 0.326 e. The molecule has 0 saturated heterocycles. The van der Waals surface area contributed by atoms with Crippen molar-refractivity contribution in [2.24, 2.45) is 22.2 Å². The Labute approximate surface area is 463 Å². The van der Waals surface area contributed by atoms with Gasteiger partial charge in [0.05, 0.1) is 6.33 Å². The number of hydrogen-bond donors (Lipinski definition) is 14. The van der Waals surface area contributed by atoms with Crippen LogP contribution in [-0.4, -0.2) is 147 Å². The highest BCUT2D eigenvalue weighted by Crippen LogP contribution is 2.20. The summed E-state index contributed by atoms with van der Waals surface area (Å²) in [6.07, 6.45) is 7.01. The van der Waals surface area contributed by atoms with Gasteiger partial charge in [0.1, 0.15) is 48.6 Å². The summed E-state index contributed by atoms with van der Waals surface area (Å²) < 4.78 is 0. The van der Waals surface area contributed by atoms with E-state index >= 15 is 0 Å². The lowest BCUT2D eigenvalue weighted by Gasteiger charge is -2.27. The number of carboxylic acid groups (broad SMARTS) is 1. The molecule has 0 unspecified atom stereocenters. The number of nitrogens with zero attached hydrogens (tertiary/aromatic N) is 2. The van der Waals surface area contributed by atoms with Gasteiger partial charge >= 0.3 is 5.97 Å². The number of rotatable bonds is 37. The van der Waals surface area contributed by atoms with E-state index in [1.54, 1.807) is 36.5 Å². The second-order valence-corrected chi connectivity index (χ2v) is 19.2. The molecular weight excluding hydrogens is 1030 g/mol. The Morgan fingerprint density at radius 2 is 1.24 bits per heavy atom. The van der Waals surface area contributed by atoms with Crippen molar-refractivity contribution in [1.29, 1.82) is 0 Å². The van der Waals surface area contributed by atoms with Gasteiger partial charge in [-0.3, -0.25) is 43.3 Å². The number of unbranched alkanes of at least 4 members (excludes halogenated alkanes) is 2. The van der Waals surface area contributed by atoms with E-state index in [-0.39, 0.29) is 76.8 Å². The van der Waals surface area contributed by atoms with Crippen molar-refractivity contribution in [2.45, 2.75) is 146 Å². The summed E-state index contributed by atoms with van der Waals surface area (Å²) >= 11 is 0. The predicted octanol–water partition coefficient (Wildman–Crippen LogP) is -0.725. The first-order chi connectivity index (χ1) is 38.4. The molecule has 2 heterocycles. The van der Waals surface area contributed by atoms with Crippen LogP contribution in [0.25, 0.3) is 10.9 Å². The van der Waals surface area contributed by atoms with Crippen molar-refractivity contribution in [3.05, 3.63) is 90.1 Å². The third-order valence-electron chi connectivity index (χ3n) is 12.8. The fourth-order valence-corrected chi connectivity index (χ4v) is 8.60. The van der Waals surface area contributed by atoms with Crippen LogP contribution in [0.4, 0.5) is 0 Å². The van der Waals surface area contributed by atoms with E-state index in [2.05, 4.69) is 62.5 Å². The number of hydrogen-bond acceptors (Lipinski definition) is 13. The van der Waals surface area contributed by atoms with Crippen LogP contribution in [0.15, 0.2) is 78.3 Å². The number of guanidine groups is 1. The minimum atomic E-state index is -1.47. The molecule has 0 bridgehead atoms. The summed E-state index contributed by atoms with van der Waals surface area (Å²) in [4.78, 5) is 148. The Hall–Kier alpha value is -8.68. The maximum absolute atomic E-state index is 14.7. The van der Waals surface area contributed by atoms with Crippen LogP contribution >= 0.6 is 0 Å². The first-order valence-corrected chi connectivity index (χ1v) is 26.8. The Balaban J connectivity index is 1.61. The van der Waals surface area contributed by atoms with Crippen LogP contribution in [0.3, 0.4) is 0 Å². The first kappa shape index (κ1) is 63.8. The molecule has 26 heteroatoms. The van der Waals surface area contributed by atoms with E-state index in [9.17, 15) is 53.1 Å². The highest BCUT2D eigenvalue weighted by molar-refractivity contribution is 5.98. The number of imidazole rings is 1. The zero-order valence-corrected chi connectivity index (χ0v) is 45.2. The minimum absolute atomic E-state index is 0.0245. The van der Waals surface area contributed by atoms with Crippen LogP contribution in [0.5, 0.6) is 0 Å². The van der Waals surface area contributed by atoms with Gasteiger partial charge in [-0.15, -0.1) is 0 Å². The summed E-state index contributed by atoms with van der Waals surface area (Å²) in [5.74, 6) is -7.15. The minimum Gasteiger partial charge on any atom is -0.480 e. The van der Waals surface area contributed by atoms with Crippen LogP contribution < -0.4 is 59.7 Å². The third-order valence-corrected chi connectivity index (χ3v) is 12.8. The number of carbonyl (C=O) groups is 10. The fraction of sp³-hybridized carbons (Fsp3) is 0.481. The van der Waals surface area contributed by atoms with Gasteiger partial charge in [0.25, 0.3) is 0 Å². The number of nitrogens with one attached hydrogen (secondary N) is 10. The van der Waals surface area contributed by atoms with Crippen molar-refractivity contribution in [3.8, 4) is 0 Å². The van der Waals surface area contributed by atoms with Gasteiger partial charge in [-0.2, -0.15) is 0 Å². The van der Waals surface area contributed by atoms with Gasteiger partial charge in [-0.1, -0.05) is 68.3 Å². The summed E-state index contributed by atoms with van der Waals surface area (Å²) in [7, 11) is 0. The van der Waals surface area contributed by atoms with Crippen LogP contribution in [0, 0.1) is 0 Å². The molecule has 7 atom stereocenters. The zero-order valence-electron chi connectivity index (χ0n) is 45.2. The number of aromatic amines is 2. The van der Waals surface area contributed by atoms with E-state index < -0.39 is 102 Å². The molecule has 0 spiro atoms. The van der Waals surface area contributed by atoms with Crippen molar-refractivity contribution in [2.75, 3.05) is 19.6 Å². The number of aliphatic imine (C=N–C) groups is 1. The number of H-pyrrole nitrogens is 2. The van der Waals surface area contributed by atoms with Gasteiger partial charge in [-0.05, 0) is 68.7 Å². The molecule has 0 aliphatic heterocycles. The van der Waals surface area contributed by atoms with Gasteiger partial charge in [0.15, 0.2) is 5.96 Å². The number of benzene rings is 2. The molecule has 80 heavy (non-hydrogen) atoms. The Morgan fingerprint density at radius 1 is 0.650 bits per heavy atom. The Kier molecular flexibility index (Phi) is 27.3. The quantitative estimate of drug-likeness (QED) is 0.0115. The number of aromatic nitrogens is 3. The standard InChI is InChI=1S/C54H77N15O11/c1-3-4-17-39(63-33(2)71)48(74)66-41(22-26-70)50(76)69-45(29-36-31-58-32-62-36)52(78)67-43(27-34-14-6-5-7-15-34)51(77)65-40(20-12-25-60-54(56)57)49(75)68-44(28-35-30-61-38-18-9-8-16-37(35)38)47(73)59-24-13-21-46(72)64-42(53(79)80)19-10-11-23-55/h5-9,14-16,18,26,30-32,39-45,61H,3-4,10-13,17,19-25,27-29,55H2,1-2H3,(H,58,62)(H,59,73)(H,63,71)(H,64,72)(H,65,77)(H,66,74)(H,67,78)(H,68,75)(H,69,76)(H,79,80)(H4,56,57,60)/t39-,40-,41-,42-,43+,44-,45-/m0/s1. The molecule has 0 radical (unpaired) electrons. The number of nitrogens with two attached hydrogens (primary N) is 3. The van der Waals surface area contributed by atoms with Crippen molar-refractivity contribution < 1.29 is 53.1 Å². The van der Waals surface area contributed by atoms with Gasteiger partial charge in [0, 0.05) is 81.1 Å². The number of carbonyl (C=O) groups excluding carboxylic acids is 9. The molecule has 2 aromatic heterocycles. The van der Waals surface area contributed by atoms with Crippen LogP contribution in [-0.2, 0) is 67.2 Å². The van der Waals surface area contributed by atoms with Crippen molar-refractivity contribution >= 4 is 76.4 Å². The van der Waals surface area contributed by atoms with Crippen LogP contribution in [0.1, 0.15) is 101 Å². The lowest BCUT2D eigenvalue weighted by atomic mass is 10.0. The second-order valence-electron chi connectivity index (χ2n) is 19.2.